The number of rotatable bonds is 7. The molecule has 2 rings (SSSR count). The van der Waals surface area contributed by atoms with Crippen LogP contribution in [0.3, 0.4) is 0 Å². The molecule has 2 aromatic rings. The quantitative estimate of drug-likeness (QED) is 0.607. The first-order valence-electron chi connectivity index (χ1n) is 7.21. The highest BCUT2D eigenvalue weighted by Gasteiger charge is 2.05. The lowest BCUT2D eigenvalue weighted by atomic mass is 10.1. The molecule has 0 aliphatic rings. The van der Waals surface area contributed by atoms with E-state index in [4.69, 9.17) is 10.6 Å². The van der Waals surface area contributed by atoms with Gasteiger partial charge in [-0.05, 0) is 25.5 Å². The van der Waals surface area contributed by atoms with Crippen LogP contribution >= 0.6 is 0 Å². The van der Waals surface area contributed by atoms with Gasteiger partial charge in [-0.15, -0.1) is 0 Å². The monoisotopic (exact) mass is 286 g/mol. The lowest BCUT2D eigenvalue weighted by molar-refractivity contribution is 0.0904. The van der Waals surface area contributed by atoms with E-state index in [1.807, 2.05) is 49.7 Å². The Kier molecular flexibility index (Phi) is 5.40. The number of nitrogens with zero attached hydrogens (tertiary/aromatic N) is 2. The Balaban J connectivity index is 2.32. The molecule has 5 nitrogen and oxygen atoms in total. The summed E-state index contributed by atoms with van der Waals surface area (Å²) in [5, 5.41) is 0. The van der Waals surface area contributed by atoms with Gasteiger partial charge in [0.15, 0.2) is 0 Å². The van der Waals surface area contributed by atoms with Gasteiger partial charge in [0.1, 0.15) is 5.82 Å². The van der Waals surface area contributed by atoms with Crippen LogP contribution in [-0.2, 0) is 11.4 Å². The van der Waals surface area contributed by atoms with Crippen molar-refractivity contribution in [2.75, 3.05) is 12.3 Å². The number of hydroxylamine groups is 1. The number of imidazole rings is 1. The van der Waals surface area contributed by atoms with Crippen LogP contribution in [-0.4, -0.2) is 16.2 Å². The average molecular weight is 286 g/mol. The van der Waals surface area contributed by atoms with Crippen molar-refractivity contribution in [2.24, 2.45) is 0 Å². The van der Waals surface area contributed by atoms with Crippen LogP contribution in [0.1, 0.15) is 31.7 Å². The maximum atomic E-state index is 5.74. The predicted octanol–water partition coefficient (Wildman–Crippen LogP) is 2.91. The van der Waals surface area contributed by atoms with E-state index in [-0.39, 0.29) is 0 Å². The van der Waals surface area contributed by atoms with Gasteiger partial charge in [-0.25, -0.2) is 4.98 Å². The lowest BCUT2D eigenvalue weighted by Gasteiger charge is -2.11. The second kappa shape index (κ2) is 7.50. The van der Waals surface area contributed by atoms with E-state index < -0.39 is 0 Å². The van der Waals surface area contributed by atoms with Crippen LogP contribution in [0.5, 0.6) is 0 Å². The van der Waals surface area contributed by atoms with Gasteiger partial charge in [-0.2, -0.15) is 0 Å². The Morgan fingerprint density at radius 1 is 1.33 bits per heavy atom. The van der Waals surface area contributed by atoms with Crippen LogP contribution in [0.4, 0.5) is 5.69 Å². The fourth-order valence-electron chi connectivity index (χ4n) is 2.00. The van der Waals surface area contributed by atoms with E-state index in [1.54, 1.807) is 0 Å². The van der Waals surface area contributed by atoms with Crippen LogP contribution in [0.25, 0.3) is 11.8 Å². The van der Waals surface area contributed by atoms with Crippen molar-refractivity contribution in [1.29, 1.82) is 0 Å². The summed E-state index contributed by atoms with van der Waals surface area (Å²) in [5.74, 6) is 0.899. The van der Waals surface area contributed by atoms with Crippen LogP contribution in [0.15, 0.2) is 36.7 Å². The molecule has 5 heteroatoms. The highest BCUT2D eigenvalue weighted by Crippen LogP contribution is 2.17. The summed E-state index contributed by atoms with van der Waals surface area (Å²) in [6.07, 6.45) is 6.84. The molecule has 0 saturated carbocycles. The molecule has 112 valence electrons. The largest absolute Gasteiger partial charge is 0.399 e. The van der Waals surface area contributed by atoms with E-state index in [0.717, 1.165) is 35.7 Å². The Bertz CT molecular complexity index is 587. The third-order valence-electron chi connectivity index (χ3n) is 3.03. The topological polar surface area (TPSA) is 65.1 Å². The summed E-state index contributed by atoms with van der Waals surface area (Å²) in [7, 11) is 0. The van der Waals surface area contributed by atoms with Crippen molar-refractivity contribution in [2.45, 2.75) is 26.8 Å². The molecule has 0 saturated heterocycles. The van der Waals surface area contributed by atoms with Crippen LogP contribution < -0.4 is 11.2 Å². The molecule has 0 atom stereocenters. The first-order valence-corrected chi connectivity index (χ1v) is 7.21. The van der Waals surface area contributed by atoms with Crippen LogP contribution in [0, 0.1) is 0 Å². The van der Waals surface area contributed by atoms with Crippen molar-refractivity contribution >= 4 is 17.5 Å². The van der Waals surface area contributed by atoms with Crippen molar-refractivity contribution < 1.29 is 4.84 Å². The number of anilines is 1. The minimum Gasteiger partial charge on any atom is -0.399 e. The van der Waals surface area contributed by atoms with Gasteiger partial charge >= 0.3 is 0 Å². The van der Waals surface area contributed by atoms with E-state index in [9.17, 15) is 0 Å². The van der Waals surface area contributed by atoms with Crippen molar-refractivity contribution in [1.82, 2.24) is 15.0 Å². The van der Waals surface area contributed by atoms with Crippen molar-refractivity contribution in [3.05, 3.63) is 48.0 Å². The summed E-state index contributed by atoms with van der Waals surface area (Å²) >= 11 is 0. The third-order valence-corrected chi connectivity index (χ3v) is 3.03. The molecule has 21 heavy (non-hydrogen) atoms. The van der Waals surface area contributed by atoms with Gasteiger partial charge in [0, 0.05) is 36.3 Å². The molecule has 1 aromatic heterocycles. The number of aryl methyl sites for hydroxylation is 1. The highest BCUT2D eigenvalue weighted by atomic mass is 16.6. The zero-order valence-electron chi connectivity index (χ0n) is 12.5. The van der Waals surface area contributed by atoms with Gasteiger partial charge in [0.2, 0.25) is 0 Å². The molecule has 1 aromatic carbocycles. The maximum Gasteiger partial charge on any atom is 0.134 e. The summed E-state index contributed by atoms with van der Waals surface area (Å²) in [6.45, 7) is 5.60. The average Bonchev–Trinajstić information content (AvgIpc) is 2.92. The fourth-order valence-corrected chi connectivity index (χ4v) is 2.00. The number of nitrogens with two attached hydrogens (primary N) is 1. The number of nitrogen functional groups attached to an aromatic ring is 1. The number of aromatic nitrogens is 2. The zero-order valence-corrected chi connectivity index (χ0v) is 12.5. The second-order valence-electron chi connectivity index (χ2n) is 4.69. The normalized spacial score (nSPS) is 11.6. The molecule has 0 aliphatic heterocycles. The van der Waals surface area contributed by atoms with Gasteiger partial charge in [0.05, 0.1) is 12.3 Å². The Morgan fingerprint density at radius 3 is 2.76 bits per heavy atom. The SMILES string of the molecule is CCCn1ccnc1C=C(NOCC)c1ccc(N)cc1. The fraction of sp³-hybridized carbons (Fsp3) is 0.312. The third kappa shape index (κ3) is 4.10. The van der Waals surface area contributed by atoms with Gasteiger partial charge in [-0.1, -0.05) is 19.1 Å². The van der Waals surface area contributed by atoms with Crippen LogP contribution in [0.2, 0.25) is 0 Å². The van der Waals surface area contributed by atoms with E-state index in [2.05, 4.69) is 22.0 Å². The Labute approximate surface area is 125 Å². The Hall–Kier alpha value is -2.27. The first-order chi connectivity index (χ1) is 10.2. The van der Waals surface area contributed by atoms with Gasteiger partial charge in [-0.3, -0.25) is 10.3 Å². The van der Waals surface area contributed by atoms with Crippen molar-refractivity contribution in [3.63, 3.8) is 0 Å². The van der Waals surface area contributed by atoms with E-state index in [0.29, 0.717) is 6.61 Å². The Morgan fingerprint density at radius 2 is 2.10 bits per heavy atom. The number of hydrogen-bond donors (Lipinski definition) is 2. The summed E-state index contributed by atoms with van der Waals surface area (Å²) in [4.78, 5) is 9.73. The summed E-state index contributed by atoms with van der Waals surface area (Å²) < 4.78 is 2.12. The molecular weight excluding hydrogens is 264 g/mol. The van der Waals surface area contributed by atoms with E-state index in [1.165, 1.54) is 0 Å². The van der Waals surface area contributed by atoms with E-state index >= 15 is 0 Å². The van der Waals surface area contributed by atoms with Crippen molar-refractivity contribution in [3.8, 4) is 0 Å². The number of hydrogen-bond acceptors (Lipinski definition) is 4. The highest BCUT2D eigenvalue weighted by molar-refractivity contribution is 5.78. The second-order valence-corrected chi connectivity index (χ2v) is 4.69. The molecule has 1 heterocycles. The molecule has 0 spiro atoms. The summed E-state index contributed by atoms with van der Waals surface area (Å²) in [6, 6.07) is 7.66. The number of nitrogens with one attached hydrogen (secondary N) is 1. The molecule has 0 bridgehead atoms. The predicted molar refractivity (Wildman–Crippen MR) is 86.0 cm³/mol. The molecular formula is C16H22N4O. The smallest absolute Gasteiger partial charge is 0.134 e. The molecule has 0 amide bonds. The molecule has 0 fully saturated rings. The molecule has 0 radical (unpaired) electrons. The summed E-state index contributed by atoms with van der Waals surface area (Å²) in [5.41, 5.74) is 11.3. The molecule has 0 unspecified atom stereocenters. The van der Waals surface area contributed by atoms with Gasteiger partial charge < -0.3 is 10.3 Å². The lowest BCUT2D eigenvalue weighted by Crippen LogP contribution is -2.13. The molecule has 3 N–H and O–H groups in total. The van der Waals surface area contributed by atoms with Gasteiger partial charge in [0.25, 0.3) is 0 Å². The maximum absolute atomic E-state index is 5.74. The zero-order chi connectivity index (χ0) is 15.1. The first kappa shape index (κ1) is 15.1. The molecule has 0 aliphatic carbocycles. The minimum absolute atomic E-state index is 0.579. The standard InChI is InChI=1S/C16H22N4O/c1-3-10-20-11-9-18-16(20)12-15(19-21-4-2)13-5-7-14(17)8-6-13/h5-9,11-12,19H,3-4,10,17H2,1-2H3. The minimum atomic E-state index is 0.579. The number of benzene rings is 1.